The van der Waals surface area contributed by atoms with Crippen molar-refractivity contribution in [2.75, 3.05) is 6.54 Å². The van der Waals surface area contributed by atoms with Gasteiger partial charge in [0, 0.05) is 5.38 Å². The highest BCUT2D eigenvalue weighted by Gasteiger charge is 2.09. The van der Waals surface area contributed by atoms with Crippen LogP contribution in [0.25, 0.3) is 0 Å². The van der Waals surface area contributed by atoms with Gasteiger partial charge in [-0.2, -0.15) is 0 Å². The number of hydrogen-bond acceptors (Lipinski definition) is 5. The van der Waals surface area contributed by atoms with Crippen molar-refractivity contribution in [3.8, 4) is 0 Å². The van der Waals surface area contributed by atoms with Crippen LogP contribution in [0.4, 0.5) is 0 Å². The number of carbonyl (C=O) groups excluding carboxylic acids is 1. The first kappa shape index (κ1) is 9.08. The van der Waals surface area contributed by atoms with Crippen LogP contribution in [0.1, 0.15) is 18.7 Å². The number of hydrogen-bond donors (Lipinski definition) is 2. The van der Waals surface area contributed by atoms with E-state index < -0.39 is 0 Å². The maximum absolute atomic E-state index is 10.8. The summed E-state index contributed by atoms with van der Waals surface area (Å²) < 4.78 is 3.69. The van der Waals surface area contributed by atoms with Crippen molar-refractivity contribution >= 4 is 17.4 Å². The lowest BCUT2D eigenvalue weighted by atomic mass is 10.2. The molecule has 1 heterocycles. The molecule has 0 aliphatic heterocycles. The van der Waals surface area contributed by atoms with Gasteiger partial charge in [0.05, 0.1) is 18.3 Å². The van der Waals surface area contributed by atoms with Crippen LogP contribution in [-0.2, 0) is 4.79 Å². The zero-order valence-electron chi connectivity index (χ0n) is 6.65. The Kier molecular flexibility index (Phi) is 3.12. The number of nitrogens with one attached hydrogen (secondary N) is 1. The van der Waals surface area contributed by atoms with Gasteiger partial charge in [0.15, 0.2) is 0 Å². The smallest absolute Gasteiger partial charge is 0.234 e. The third kappa shape index (κ3) is 2.24. The molecule has 1 rings (SSSR count). The molecule has 0 aromatic carbocycles. The van der Waals surface area contributed by atoms with E-state index >= 15 is 0 Å². The Hall–Kier alpha value is -1.01. The molecule has 0 bridgehead atoms. The normalized spacial score (nSPS) is 12.5. The fourth-order valence-corrected chi connectivity index (χ4v) is 1.28. The van der Waals surface area contributed by atoms with E-state index in [-0.39, 0.29) is 18.5 Å². The summed E-state index contributed by atoms with van der Waals surface area (Å²) in [5, 5.41) is 8.28. The molecule has 5 nitrogen and oxygen atoms in total. The summed E-state index contributed by atoms with van der Waals surface area (Å²) in [6.45, 7) is 1.84. The van der Waals surface area contributed by atoms with E-state index in [0.717, 1.165) is 5.69 Å². The summed E-state index contributed by atoms with van der Waals surface area (Å²) >= 11 is 1.26. The van der Waals surface area contributed by atoms with Crippen LogP contribution >= 0.6 is 11.5 Å². The summed E-state index contributed by atoms with van der Waals surface area (Å²) in [4.78, 5) is 10.8. The average Bonchev–Trinajstić information content (AvgIpc) is 2.56. The molecule has 3 N–H and O–H groups in total. The first-order valence-corrected chi connectivity index (χ1v) is 4.34. The average molecular weight is 186 g/mol. The maximum Gasteiger partial charge on any atom is 0.234 e. The summed E-state index contributed by atoms with van der Waals surface area (Å²) in [5.74, 6) is -0.185. The molecular weight excluding hydrogens is 176 g/mol. The summed E-state index contributed by atoms with van der Waals surface area (Å²) in [7, 11) is 0. The number of amides is 1. The maximum atomic E-state index is 10.8. The molecular formula is C6H10N4OS. The van der Waals surface area contributed by atoms with Gasteiger partial charge < -0.3 is 11.1 Å². The standard InChI is InChI=1S/C6H10N4OS/c1-4(8-6(11)2-7)5-3-12-10-9-5/h3-4H,2,7H2,1H3,(H,8,11). The summed E-state index contributed by atoms with van der Waals surface area (Å²) in [6.07, 6.45) is 0. The predicted octanol–water partition coefficient (Wildman–Crippen LogP) is -0.326. The van der Waals surface area contributed by atoms with Crippen LogP contribution in [0.2, 0.25) is 0 Å². The van der Waals surface area contributed by atoms with Crippen LogP contribution in [0.5, 0.6) is 0 Å². The van der Waals surface area contributed by atoms with E-state index in [1.165, 1.54) is 11.5 Å². The van der Waals surface area contributed by atoms with Crippen LogP contribution in [0, 0.1) is 0 Å². The predicted molar refractivity (Wildman–Crippen MR) is 45.5 cm³/mol. The Labute approximate surface area is 74.1 Å². The fourth-order valence-electron chi connectivity index (χ4n) is 0.735. The second kappa shape index (κ2) is 4.13. The van der Waals surface area contributed by atoms with Gasteiger partial charge in [0.1, 0.15) is 0 Å². The Bertz CT molecular complexity index is 248. The third-order valence-corrected chi connectivity index (χ3v) is 1.91. The Balaban J connectivity index is 2.49. The van der Waals surface area contributed by atoms with Gasteiger partial charge >= 0.3 is 0 Å². The van der Waals surface area contributed by atoms with Crippen molar-refractivity contribution in [2.24, 2.45) is 5.73 Å². The summed E-state index contributed by atoms with van der Waals surface area (Å²) in [5.41, 5.74) is 5.89. The molecule has 6 heteroatoms. The van der Waals surface area contributed by atoms with Crippen molar-refractivity contribution in [2.45, 2.75) is 13.0 Å². The molecule has 1 aromatic heterocycles. The Morgan fingerprint density at radius 1 is 1.92 bits per heavy atom. The van der Waals surface area contributed by atoms with E-state index in [9.17, 15) is 4.79 Å². The minimum Gasteiger partial charge on any atom is -0.347 e. The number of carbonyl (C=O) groups is 1. The first-order chi connectivity index (χ1) is 5.74. The molecule has 66 valence electrons. The highest BCUT2D eigenvalue weighted by molar-refractivity contribution is 7.03. The molecule has 0 aliphatic rings. The monoisotopic (exact) mass is 186 g/mol. The molecule has 1 amide bonds. The molecule has 0 spiro atoms. The lowest BCUT2D eigenvalue weighted by Gasteiger charge is -2.08. The van der Waals surface area contributed by atoms with Crippen LogP contribution in [-0.4, -0.2) is 22.0 Å². The number of aromatic nitrogens is 2. The SMILES string of the molecule is CC(NC(=O)CN)c1csnn1. The minimum atomic E-state index is -0.185. The molecule has 0 radical (unpaired) electrons. The molecule has 1 atom stereocenters. The lowest BCUT2D eigenvalue weighted by molar-refractivity contribution is -0.120. The van der Waals surface area contributed by atoms with E-state index in [0.29, 0.717) is 0 Å². The number of nitrogens with zero attached hydrogens (tertiary/aromatic N) is 2. The zero-order valence-corrected chi connectivity index (χ0v) is 7.47. The molecule has 0 saturated carbocycles. The molecule has 0 fully saturated rings. The molecule has 1 unspecified atom stereocenters. The second-order valence-corrected chi connectivity index (χ2v) is 2.93. The van der Waals surface area contributed by atoms with Gasteiger partial charge in [-0.1, -0.05) is 4.49 Å². The van der Waals surface area contributed by atoms with Gasteiger partial charge in [0.25, 0.3) is 0 Å². The highest BCUT2D eigenvalue weighted by Crippen LogP contribution is 2.08. The molecule has 1 aromatic rings. The molecule has 0 saturated heterocycles. The van der Waals surface area contributed by atoms with Crippen molar-refractivity contribution in [3.63, 3.8) is 0 Å². The highest BCUT2D eigenvalue weighted by atomic mass is 32.1. The van der Waals surface area contributed by atoms with Crippen LogP contribution < -0.4 is 11.1 Å². The molecule has 12 heavy (non-hydrogen) atoms. The van der Waals surface area contributed by atoms with E-state index in [2.05, 4.69) is 14.9 Å². The number of nitrogens with two attached hydrogens (primary N) is 1. The molecule has 0 aliphatic carbocycles. The van der Waals surface area contributed by atoms with Crippen molar-refractivity contribution in [1.29, 1.82) is 0 Å². The van der Waals surface area contributed by atoms with Crippen LogP contribution in [0.3, 0.4) is 0 Å². The quantitative estimate of drug-likeness (QED) is 0.677. The van der Waals surface area contributed by atoms with Crippen molar-refractivity contribution < 1.29 is 4.79 Å². The largest absolute Gasteiger partial charge is 0.347 e. The lowest BCUT2D eigenvalue weighted by Crippen LogP contribution is -2.32. The second-order valence-electron chi connectivity index (χ2n) is 2.32. The third-order valence-electron chi connectivity index (χ3n) is 1.38. The summed E-state index contributed by atoms with van der Waals surface area (Å²) in [6, 6.07) is -0.111. The zero-order chi connectivity index (χ0) is 8.97. The van der Waals surface area contributed by atoms with Crippen LogP contribution in [0.15, 0.2) is 5.38 Å². The number of rotatable bonds is 3. The van der Waals surface area contributed by atoms with E-state index in [4.69, 9.17) is 5.73 Å². The minimum absolute atomic E-state index is 0.00189. The van der Waals surface area contributed by atoms with Crippen molar-refractivity contribution in [1.82, 2.24) is 14.9 Å². The van der Waals surface area contributed by atoms with Gasteiger partial charge in [-0.3, -0.25) is 4.79 Å². The van der Waals surface area contributed by atoms with Gasteiger partial charge in [-0.05, 0) is 18.5 Å². The van der Waals surface area contributed by atoms with Gasteiger partial charge in [-0.25, -0.2) is 0 Å². The Morgan fingerprint density at radius 3 is 3.17 bits per heavy atom. The first-order valence-electron chi connectivity index (χ1n) is 3.50. The van der Waals surface area contributed by atoms with Crippen molar-refractivity contribution in [3.05, 3.63) is 11.1 Å². The van der Waals surface area contributed by atoms with E-state index in [1.807, 2.05) is 6.92 Å². The Morgan fingerprint density at radius 2 is 2.67 bits per heavy atom. The van der Waals surface area contributed by atoms with E-state index in [1.54, 1.807) is 5.38 Å². The topological polar surface area (TPSA) is 80.9 Å². The fraction of sp³-hybridized carbons (Fsp3) is 0.500. The van der Waals surface area contributed by atoms with Gasteiger partial charge in [0.2, 0.25) is 5.91 Å². The van der Waals surface area contributed by atoms with Gasteiger partial charge in [-0.15, -0.1) is 5.10 Å².